The Morgan fingerprint density at radius 1 is 1.45 bits per heavy atom. The van der Waals surface area contributed by atoms with Gasteiger partial charge in [-0.15, -0.1) is 0 Å². The van der Waals surface area contributed by atoms with Crippen LogP contribution in [0.25, 0.3) is 0 Å². The van der Waals surface area contributed by atoms with E-state index < -0.39 is 0 Å². The lowest BCUT2D eigenvalue weighted by Crippen LogP contribution is -2.21. The second-order valence-corrected chi connectivity index (χ2v) is 5.41. The topological polar surface area (TPSA) is 60.2 Å². The van der Waals surface area contributed by atoms with Gasteiger partial charge in [0.25, 0.3) is 0 Å². The first-order chi connectivity index (χ1) is 9.60. The van der Waals surface area contributed by atoms with E-state index in [9.17, 15) is 0 Å². The summed E-state index contributed by atoms with van der Waals surface area (Å²) in [7, 11) is 1.66. The van der Waals surface area contributed by atoms with Crippen molar-refractivity contribution in [1.29, 1.82) is 0 Å². The molecule has 0 spiro atoms. The van der Waals surface area contributed by atoms with Crippen LogP contribution in [0.15, 0.2) is 27.2 Å². The Morgan fingerprint density at radius 3 is 2.85 bits per heavy atom. The van der Waals surface area contributed by atoms with Crippen LogP contribution in [0.2, 0.25) is 0 Å². The Hall–Kier alpha value is -1.40. The highest BCUT2D eigenvalue weighted by Gasteiger charge is 2.09. The summed E-state index contributed by atoms with van der Waals surface area (Å²) in [6.07, 6.45) is 0.725. The molecule has 5 nitrogen and oxygen atoms in total. The molecule has 0 aliphatic rings. The van der Waals surface area contributed by atoms with Crippen LogP contribution in [0.1, 0.15) is 30.2 Å². The van der Waals surface area contributed by atoms with E-state index in [1.807, 2.05) is 13.0 Å². The molecule has 2 rings (SSSR count). The quantitative estimate of drug-likeness (QED) is 0.876. The lowest BCUT2D eigenvalue weighted by atomic mass is 10.1. The minimum Gasteiger partial charge on any atom is -0.496 e. The smallest absolute Gasteiger partial charge is 0.227 e. The standard InChI is InChI=1S/C14H18BrN3O2/c1-9(11-4-5-13(19-3)12(15)8-11)16-7-6-14-17-10(2)18-20-14/h4-5,8-9,16H,6-7H2,1-3H3. The molecule has 0 aliphatic carbocycles. The van der Waals surface area contributed by atoms with Crippen LogP contribution in [0.5, 0.6) is 5.75 Å². The third kappa shape index (κ3) is 3.80. The number of aromatic nitrogens is 2. The van der Waals surface area contributed by atoms with Gasteiger partial charge in [-0.05, 0) is 47.5 Å². The first-order valence-corrected chi connectivity index (χ1v) is 7.25. The summed E-state index contributed by atoms with van der Waals surface area (Å²) in [4.78, 5) is 4.18. The average molecular weight is 340 g/mol. The van der Waals surface area contributed by atoms with E-state index in [4.69, 9.17) is 9.26 Å². The minimum absolute atomic E-state index is 0.237. The second kappa shape index (κ2) is 6.85. The molecule has 0 aliphatic heterocycles. The number of rotatable bonds is 6. The zero-order chi connectivity index (χ0) is 14.5. The SMILES string of the molecule is COc1ccc(C(C)NCCc2nc(C)no2)cc1Br. The molecule has 6 heteroatoms. The van der Waals surface area contributed by atoms with Crippen LogP contribution in [-0.4, -0.2) is 23.8 Å². The maximum atomic E-state index is 5.23. The van der Waals surface area contributed by atoms with Crippen LogP contribution in [0, 0.1) is 6.92 Å². The molecule has 1 atom stereocenters. The molecule has 0 saturated carbocycles. The fourth-order valence-electron chi connectivity index (χ4n) is 1.91. The van der Waals surface area contributed by atoms with Crippen LogP contribution in [0.4, 0.5) is 0 Å². The number of benzene rings is 1. The highest BCUT2D eigenvalue weighted by Crippen LogP contribution is 2.27. The Bertz CT molecular complexity index is 571. The lowest BCUT2D eigenvalue weighted by molar-refractivity contribution is 0.370. The van der Waals surface area contributed by atoms with Gasteiger partial charge in [-0.25, -0.2) is 0 Å². The third-order valence-electron chi connectivity index (χ3n) is 3.03. The van der Waals surface area contributed by atoms with Gasteiger partial charge >= 0.3 is 0 Å². The zero-order valence-electron chi connectivity index (χ0n) is 11.8. The highest BCUT2D eigenvalue weighted by molar-refractivity contribution is 9.10. The van der Waals surface area contributed by atoms with Gasteiger partial charge in [0.1, 0.15) is 5.75 Å². The number of hydrogen-bond donors (Lipinski definition) is 1. The number of aryl methyl sites for hydroxylation is 1. The molecule has 2 aromatic rings. The molecule has 0 amide bonds. The van der Waals surface area contributed by atoms with Crippen molar-refractivity contribution in [2.45, 2.75) is 26.3 Å². The monoisotopic (exact) mass is 339 g/mol. The Labute approximate surface area is 126 Å². The van der Waals surface area contributed by atoms with E-state index in [1.165, 1.54) is 5.56 Å². The number of methoxy groups -OCH3 is 1. The van der Waals surface area contributed by atoms with Gasteiger partial charge in [0.2, 0.25) is 5.89 Å². The number of nitrogens with zero attached hydrogens (tertiary/aromatic N) is 2. The predicted octanol–water partition coefficient (Wildman–Crippen LogP) is 3.04. The molecular formula is C14H18BrN3O2. The van der Waals surface area contributed by atoms with E-state index >= 15 is 0 Å². The maximum Gasteiger partial charge on any atom is 0.227 e. The summed E-state index contributed by atoms with van der Waals surface area (Å²) in [5, 5.41) is 7.20. The number of halogens is 1. The molecule has 20 heavy (non-hydrogen) atoms. The second-order valence-electron chi connectivity index (χ2n) is 4.56. The first kappa shape index (κ1) is 15.0. The number of hydrogen-bond acceptors (Lipinski definition) is 5. The van der Waals surface area contributed by atoms with Crippen molar-refractivity contribution in [2.75, 3.05) is 13.7 Å². The minimum atomic E-state index is 0.237. The molecule has 108 valence electrons. The highest BCUT2D eigenvalue weighted by atomic mass is 79.9. The molecule has 1 aromatic carbocycles. The molecule has 0 fully saturated rings. The van der Waals surface area contributed by atoms with Crippen molar-refractivity contribution in [2.24, 2.45) is 0 Å². The van der Waals surface area contributed by atoms with Crippen molar-refractivity contribution in [3.8, 4) is 5.75 Å². The van der Waals surface area contributed by atoms with Gasteiger partial charge in [0, 0.05) is 19.0 Å². The molecule has 0 bridgehead atoms. The number of ether oxygens (including phenoxy) is 1. The van der Waals surface area contributed by atoms with Crippen LogP contribution < -0.4 is 10.1 Å². The summed E-state index contributed by atoms with van der Waals surface area (Å²) in [5.41, 5.74) is 1.19. The molecular weight excluding hydrogens is 322 g/mol. The van der Waals surface area contributed by atoms with Crippen molar-refractivity contribution in [1.82, 2.24) is 15.5 Å². The van der Waals surface area contributed by atoms with E-state index in [2.05, 4.69) is 50.4 Å². The average Bonchev–Trinajstić information content (AvgIpc) is 2.84. The summed E-state index contributed by atoms with van der Waals surface area (Å²) in [6, 6.07) is 6.31. The Morgan fingerprint density at radius 2 is 2.25 bits per heavy atom. The molecule has 1 N–H and O–H groups in total. The van der Waals surface area contributed by atoms with Crippen molar-refractivity contribution >= 4 is 15.9 Å². The summed E-state index contributed by atoms with van der Waals surface area (Å²) >= 11 is 3.50. The van der Waals surface area contributed by atoms with Crippen LogP contribution >= 0.6 is 15.9 Å². The summed E-state index contributed by atoms with van der Waals surface area (Å²) in [5.74, 6) is 2.17. The normalized spacial score (nSPS) is 12.4. The molecule has 1 heterocycles. The lowest BCUT2D eigenvalue weighted by Gasteiger charge is -2.15. The van der Waals surface area contributed by atoms with Gasteiger partial charge in [-0.2, -0.15) is 4.98 Å². The fraction of sp³-hybridized carbons (Fsp3) is 0.429. The molecule has 1 unspecified atom stereocenters. The van der Waals surface area contributed by atoms with Crippen molar-refractivity contribution < 1.29 is 9.26 Å². The van der Waals surface area contributed by atoms with E-state index in [0.29, 0.717) is 11.7 Å². The molecule has 0 saturated heterocycles. The van der Waals surface area contributed by atoms with Crippen LogP contribution in [-0.2, 0) is 6.42 Å². The van der Waals surface area contributed by atoms with Crippen molar-refractivity contribution in [3.05, 3.63) is 40.0 Å². The van der Waals surface area contributed by atoms with Crippen LogP contribution in [0.3, 0.4) is 0 Å². The zero-order valence-corrected chi connectivity index (χ0v) is 13.4. The maximum absolute atomic E-state index is 5.23. The molecule has 0 radical (unpaired) electrons. The summed E-state index contributed by atoms with van der Waals surface area (Å²) < 4.78 is 11.3. The molecule has 1 aromatic heterocycles. The van der Waals surface area contributed by atoms with Gasteiger partial charge in [-0.3, -0.25) is 0 Å². The van der Waals surface area contributed by atoms with Gasteiger partial charge in [-0.1, -0.05) is 11.2 Å². The van der Waals surface area contributed by atoms with Gasteiger partial charge < -0.3 is 14.6 Å². The van der Waals surface area contributed by atoms with Gasteiger partial charge in [0.15, 0.2) is 5.82 Å². The van der Waals surface area contributed by atoms with E-state index in [-0.39, 0.29) is 6.04 Å². The van der Waals surface area contributed by atoms with E-state index in [1.54, 1.807) is 7.11 Å². The first-order valence-electron chi connectivity index (χ1n) is 6.46. The number of nitrogens with one attached hydrogen (secondary N) is 1. The third-order valence-corrected chi connectivity index (χ3v) is 3.65. The fourth-order valence-corrected chi connectivity index (χ4v) is 2.47. The van der Waals surface area contributed by atoms with Crippen molar-refractivity contribution in [3.63, 3.8) is 0 Å². The Balaban J connectivity index is 1.88. The van der Waals surface area contributed by atoms with E-state index in [0.717, 1.165) is 23.2 Å². The predicted molar refractivity (Wildman–Crippen MR) is 79.9 cm³/mol. The van der Waals surface area contributed by atoms with Gasteiger partial charge in [0.05, 0.1) is 11.6 Å². The largest absolute Gasteiger partial charge is 0.496 e. The Kier molecular flexibility index (Phi) is 5.14. The summed E-state index contributed by atoms with van der Waals surface area (Å²) in [6.45, 7) is 4.72.